The monoisotopic (exact) mass is 67.1 g/mol. The van der Waals surface area contributed by atoms with E-state index in [4.69, 9.17) is 14.7 Å². The van der Waals surface area contributed by atoms with Crippen molar-refractivity contribution in [2.75, 3.05) is 0 Å². The minimum absolute atomic E-state index is 3.21. The minimum Gasteiger partial charge on any atom is -0.394 e. The summed E-state index contributed by atoms with van der Waals surface area (Å²) in [6.45, 7) is -6.42. The highest BCUT2D eigenvalue weighted by Gasteiger charge is 1.69. The molecule has 0 atom stereocenters. The molecule has 0 aromatic rings. The van der Waals surface area contributed by atoms with E-state index in [2.05, 4.69) is 0 Å². The number of hydrogen-bond donors (Lipinski definition) is 1. The van der Waals surface area contributed by atoms with E-state index in [1.807, 2.05) is 0 Å². The Morgan fingerprint density at radius 2 is 2.75 bits per heavy atom. The molecule has 0 heterocycles. The molecule has 0 bridgehead atoms. The molecule has 0 radical (unpaired) electrons. The average molecular weight is 67.1 g/mol. The first-order chi connectivity index (χ1) is 4.50. The summed E-state index contributed by atoms with van der Waals surface area (Å²) in [5.41, 5.74) is 0. The van der Waals surface area contributed by atoms with Crippen LogP contribution in [0.3, 0.4) is 0 Å². The van der Waals surface area contributed by atoms with Crippen molar-refractivity contribution in [3.63, 3.8) is 0 Å². The fourth-order valence-corrected chi connectivity index (χ4v) is 0. The maximum absolute atomic E-state index is 8.73. The zero-order valence-electron chi connectivity index (χ0n) is 8.95. The summed E-state index contributed by atoms with van der Waals surface area (Å²) in [7, 11) is 0. The molecule has 4 heavy (non-hydrogen) atoms. The van der Waals surface area contributed by atoms with Gasteiger partial charge in [0.1, 0.15) is 0 Å². The van der Waals surface area contributed by atoms with Gasteiger partial charge in [-0.15, -0.1) is 0 Å². The summed E-state index contributed by atoms with van der Waals surface area (Å²) < 4.78 is 45.8. The van der Waals surface area contributed by atoms with Gasteiger partial charge in [-0.1, -0.05) is 0 Å². The Bertz CT molecular complexity index is 125. The van der Waals surface area contributed by atoms with E-state index in [1.165, 1.54) is 0 Å². The van der Waals surface area contributed by atoms with Crippen LogP contribution in [-0.4, -0.2) is 11.2 Å². The molecule has 0 aromatic heterocycles. The molecule has 0 saturated carbocycles. The highest BCUT2D eigenvalue weighted by Crippen LogP contribution is 1.65. The molecule has 0 amide bonds. The standard InChI is InChI=1S/C3H8O/c1-3(2)4/h3-4H,1-2H3/i1D3,2D3,3D. The van der Waals surface area contributed by atoms with Gasteiger partial charge in [-0.25, -0.2) is 0 Å². The van der Waals surface area contributed by atoms with Gasteiger partial charge in [-0.3, -0.25) is 0 Å². The van der Waals surface area contributed by atoms with Crippen LogP contribution in [0.1, 0.15) is 23.3 Å². The van der Waals surface area contributed by atoms with Gasteiger partial charge >= 0.3 is 0 Å². The first-order valence-electron chi connectivity index (χ1n) is 4.22. The van der Waals surface area contributed by atoms with Crippen molar-refractivity contribution in [3.05, 3.63) is 0 Å². The molecule has 0 spiro atoms. The summed E-state index contributed by atoms with van der Waals surface area (Å²) in [6, 6.07) is 0. The van der Waals surface area contributed by atoms with Crippen LogP contribution in [0, 0.1) is 0 Å². The average Bonchev–Trinajstić information content (AvgIpc) is 1.58. The second kappa shape index (κ2) is 1.30. The van der Waals surface area contributed by atoms with E-state index in [0.29, 0.717) is 0 Å². The molecule has 0 unspecified atom stereocenters. The molecule has 1 N–H and O–H groups in total. The van der Waals surface area contributed by atoms with E-state index in [9.17, 15) is 0 Å². The van der Waals surface area contributed by atoms with Crippen molar-refractivity contribution in [2.45, 2.75) is 19.8 Å². The summed E-state index contributed by atoms with van der Waals surface area (Å²) >= 11 is 0. The van der Waals surface area contributed by atoms with E-state index >= 15 is 0 Å². The number of rotatable bonds is 0. The Hall–Kier alpha value is -0.0400. The Balaban J connectivity index is 4.75. The van der Waals surface area contributed by atoms with Crippen LogP contribution in [-0.2, 0) is 0 Å². The lowest BCUT2D eigenvalue weighted by Crippen LogP contribution is -1.85. The number of aliphatic hydroxyl groups is 1. The van der Waals surface area contributed by atoms with E-state index in [-0.39, 0.29) is 0 Å². The van der Waals surface area contributed by atoms with E-state index in [1.54, 1.807) is 0 Å². The molecule has 0 rings (SSSR count). The first-order valence-corrected chi connectivity index (χ1v) is 0.724. The molecule has 0 saturated heterocycles. The maximum atomic E-state index is 8.73. The highest BCUT2D eigenvalue weighted by atomic mass is 16.3. The third kappa shape index (κ3) is 1130. The third-order valence-electron chi connectivity index (χ3n) is 0. The lowest BCUT2D eigenvalue weighted by Gasteiger charge is -1.80. The van der Waals surface area contributed by atoms with Gasteiger partial charge in [-0.2, -0.15) is 0 Å². The first kappa shape index (κ1) is 0.350. The van der Waals surface area contributed by atoms with E-state index in [0.717, 1.165) is 0 Å². The van der Waals surface area contributed by atoms with Crippen molar-refractivity contribution >= 4 is 0 Å². The molecular formula is C3H8O. The van der Waals surface area contributed by atoms with Gasteiger partial charge in [0, 0.05) is 14.3 Å². The predicted octanol–water partition coefficient (Wildman–Crippen LogP) is 0.387. The van der Waals surface area contributed by atoms with Gasteiger partial charge in [-0.05, 0) is 13.7 Å². The zero-order chi connectivity index (χ0) is 9.50. The van der Waals surface area contributed by atoms with Crippen LogP contribution < -0.4 is 0 Å². The minimum atomic E-state index is -3.38. The SMILES string of the molecule is [2H]C([2H])([2H])C([2H])(O)C([2H])([2H])[2H]. The summed E-state index contributed by atoms with van der Waals surface area (Å²) in [5.74, 6) is 0. The van der Waals surface area contributed by atoms with Crippen LogP contribution >= 0.6 is 0 Å². The number of hydrogen-bond acceptors (Lipinski definition) is 1. The van der Waals surface area contributed by atoms with Gasteiger partial charge < -0.3 is 5.11 Å². The second-order valence-corrected chi connectivity index (χ2v) is 0.349. The summed E-state index contributed by atoms with van der Waals surface area (Å²) in [5, 5.41) is 8.73. The molecule has 26 valence electrons. The molecular weight excluding hydrogens is 52.0 g/mol. The molecule has 0 aliphatic heterocycles. The van der Waals surface area contributed by atoms with Crippen molar-refractivity contribution in [1.82, 2.24) is 0 Å². The predicted molar refractivity (Wildman–Crippen MR) is 17.4 cm³/mol. The second-order valence-electron chi connectivity index (χ2n) is 0.349. The zero-order valence-corrected chi connectivity index (χ0v) is 1.95. The largest absolute Gasteiger partial charge is 0.394 e. The van der Waals surface area contributed by atoms with Crippen LogP contribution in [0.15, 0.2) is 0 Å². The summed E-state index contributed by atoms with van der Waals surface area (Å²) in [6.07, 6.45) is -3.38. The molecule has 1 nitrogen and oxygen atoms in total. The van der Waals surface area contributed by atoms with Crippen LogP contribution in [0.2, 0.25) is 0 Å². The van der Waals surface area contributed by atoms with Gasteiger partial charge in [0.15, 0.2) is 0 Å². The fourth-order valence-electron chi connectivity index (χ4n) is 0. The Kier molecular flexibility index (Phi) is 0.113. The molecule has 1 heteroatoms. The highest BCUT2D eigenvalue weighted by molar-refractivity contribution is 4.20. The fraction of sp³-hybridized carbons (Fsp3) is 1.00. The lowest BCUT2D eigenvalue weighted by molar-refractivity contribution is 0.216. The van der Waals surface area contributed by atoms with Crippen molar-refractivity contribution in [1.29, 1.82) is 0 Å². The van der Waals surface area contributed by atoms with Crippen LogP contribution in [0.5, 0.6) is 0 Å². The molecule has 0 aliphatic carbocycles. The lowest BCUT2D eigenvalue weighted by atomic mass is 10.5. The van der Waals surface area contributed by atoms with Gasteiger partial charge in [0.2, 0.25) is 0 Å². The molecule has 0 aliphatic rings. The Morgan fingerprint density at radius 3 is 2.75 bits per heavy atom. The normalized spacial score (nSPS) is 43.8. The molecule has 0 aromatic carbocycles. The van der Waals surface area contributed by atoms with Crippen molar-refractivity contribution < 1.29 is 14.7 Å². The maximum Gasteiger partial charge on any atom is 0.0594 e. The quantitative estimate of drug-likeness (QED) is 0.434. The van der Waals surface area contributed by atoms with E-state index < -0.39 is 19.8 Å². The van der Waals surface area contributed by atoms with Crippen LogP contribution in [0.25, 0.3) is 0 Å². The third-order valence-corrected chi connectivity index (χ3v) is 0. The smallest absolute Gasteiger partial charge is 0.0594 e. The topological polar surface area (TPSA) is 20.2 Å². The van der Waals surface area contributed by atoms with Crippen molar-refractivity contribution in [3.8, 4) is 0 Å². The van der Waals surface area contributed by atoms with Gasteiger partial charge in [0.25, 0.3) is 0 Å². The van der Waals surface area contributed by atoms with Crippen LogP contribution in [0.4, 0.5) is 0 Å². The molecule has 0 fully saturated rings. The Labute approximate surface area is 36.1 Å². The Morgan fingerprint density at radius 1 is 2.25 bits per heavy atom. The summed E-state index contributed by atoms with van der Waals surface area (Å²) in [4.78, 5) is 0. The van der Waals surface area contributed by atoms with Gasteiger partial charge in [0.05, 0.1) is 1.37 Å². The van der Waals surface area contributed by atoms with Crippen molar-refractivity contribution in [2.24, 2.45) is 0 Å².